The van der Waals surface area contributed by atoms with Crippen LogP contribution in [0.5, 0.6) is 0 Å². The highest BCUT2D eigenvalue weighted by Gasteiger charge is 2.27. The highest BCUT2D eigenvalue weighted by atomic mass is 32.1. The summed E-state index contributed by atoms with van der Waals surface area (Å²) in [4.78, 5) is 29.7. The van der Waals surface area contributed by atoms with E-state index in [-0.39, 0.29) is 5.91 Å². The third-order valence-electron chi connectivity index (χ3n) is 3.80. The lowest BCUT2D eigenvalue weighted by molar-refractivity contribution is 0.0935. The number of thiophene rings is 1. The molecule has 2 aromatic heterocycles. The smallest absolute Gasteiger partial charge is 0.259 e. The number of rotatable bonds is 4. The Morgan fingerprint density at radius 1 is 1.32 bits per heavy atom. The average Bonchev–Trinajstić information content (AvgIpc) is 2.93. The van der Waals surface area contributed by atoms with Crippen molar-refractivity contribution in [3.8, 4) is 0 Å². The molecule has 0 aromatic carbocycles. The van der Waals surface area contributed by atoms with E-state index in [4.69, 9.17) is 5.73 Å². The maximum atomic E-state index is 12.5. The fourth-order valence-electron chi connectivity index (χ4n) is 2.75. The van der Waals surface area contributed by atoms with Crippen molar-refractivity contribution in [1.29, 1.82) is 0 Å². The number of carbonyl (C=O) groups excluding carboxylic acids is 2. The maximum absolute atomic E-state index is 12.5. The van der Waals surface area contributed by atoms with E-state index in [9.17, 15) is 9.59 Å². The van der Waals surface area contributed by atoms with Crippen LogP contribution in [0.15, 0.2) is 24.5 Å². The van der Waals surface area contributed by atoms with Crippen LogP contribution in [0, 0.1) is 0 Å². The molecule has 0 saturated heterocycles. The van der Waals surface area contributed by atoms with E-state index in [1.807, 2.05) is 12.1 Å². The van der Waals surface area contributed by atoms with Crippen LogP contribution in [0.1, 0.15) is 48.9 Å². The summed E-state index contributed by atoms with van der Waals surface area (Å²) in [6.07, 6.45) is 7.31. The van der Waals surface area contributed by atoms with Crippen molar-refractivity contribution < 1.29 is 9.59 Å². The van der Waals surface area contributed by atoms with Crippen molar-refractivity contribution in [2.45, 2.75) is 32.2 Å². The average molecular weight is 315 g/mol. The van der Waals surface area contributed by atoms with E-state index < -0.39 is 5.91 Å². The van der Waals surface area contributed by atoms with E-state index >= 15 is 0 Å². The van der Waals surface area contributed by atoms with Gasteiger partial charge in [0, 0.05) is 23.8 Å². The normalized spacial score (nSPS) is 13.5. The van der Waals surface area contributed by atoms with Crippen molar-refractivity contribution in [3.05, 3.63) is 51.0 Å². The van der Waals surface area contributed by atoms with Crippen molar-refractivity contribution in [2.75, 3.05) is 0 Å². The molecule has 3 rings (SSSR count). The van der Waals surface area contributed by atoms with Crippen LogP contribution in [0.4, 0.5) is 0 Å². The Hall–Kier alpha value is -2.21. The topological polar surface area (TPSA) is 85.1 Å². The summed E-state index contributed by atoms with van der Waals surface area (Å²) < 4.78 is 0. The van der Waals surface area contributed by atoms with Gasteiger partial charge in [-0.2, -0.15) is 0 Å². The lowest BCUT2D eigenvalue weighted by Crippen LogP contribution is -2.26. The number of aromatic nitrogens is 1. The zero-order valence-corrected chi connectivity index (χ0v) is 12.9. The third-order valence-corrected chi connectivity index (χ3v) is 5.10. The zero-order chi connectivity index (χ0) is 15.5. The number of fused-ring (bicyclic) bond motifs is 1. The maximum Gasteiger partial charge on any atom is 0.259 e. The fourth-order valence-corrected chi connectivity index (χ4v) is 3.99. The number of hydrogen-bond acceptors (Lipinski definition) is 4. The molecule has 1 aliphatic carbocycles. The van der Waals surface area contributed by atoms with Gasteiger partial charge >= 0.3 is 0 Å². The van der Waals surface area contributed by atoms with Crippen LogP contribution in [-0.2, 0) is 19.4 Å². The van der Waals surface area contributed by atoms with Crippen LogP contribution < -0.4 is 11.1 Å². The van der Waals surface area contributed by atoms with E-state index in [2.05, 4.69) is 10.3 Å². The molecule has 5 nitrogen and oxygen atoms in total. The SMILES string of the molecule is NC(=O)c1sc2c(c1C(=O)NCc1cccnc1)CCCC2. The first-order chi connectivity index (χ1) is 10.7. The quantitative estimate of drug-likeness (QED) is 0.905. The number of primary amides is 1. The van der Waals surface area contributed by atoms with Gasteiger partial charge in [0.2, 0.25) is 0 Å². The molecule has 1 aliphatic rings. The van der Waals surface area contributed by atoms with Crippen molar-refractivity contribution >= 4 is 23.2 Å². The van der Waals surface area contributed by atoms with Gasteiger partial charge in [0.15, 0.2) is 0 Å². The Labute approximate surface area is 132 Å². The van der Waals surface area contributed by atoms with E-state index in [1.54, 1.807) is 12.4 Å². The van der Waals surface area contributed by atoms with E-state index in [0.29, 0.717) is 17.0 Å². The first kappa shape index (κ1) is 14.7. The summed E-state index contributed by atoms with van der Waals surface area (Å²) in [5.74, 6) is -0.747. The Balaban J connectivity index is 1.85. The Kier molecular flexibility index (Phi) is 4.20. The molecule has 0 spiro atoms. The van der Waals surface area contributed by atoms with Gasteiger partial charge in [0.25, 0.3) is 11.8 Å². The van der Waals surface area contributed by atoms with E-state index in [0.717, 1.165) is 41.7 Å². The number of aryl methyl sites for hydroxylation is 1. The molecular formula is C16H17N3O2S. The lowest BCUT2D eigenvalue weighted by Gasteiger charge is -2.13. The minimum absolute atomic E-state index is 0.225. The second-order valence-electron chi connectivity index (χ2n) is 5.32. The molecular weight excluding hydrogens is 298 g/mol. The standard InChI is InChI=1S/C16H17N3O2S/c17-15(20)14-13(11-5-1-2-6-12(11)22-14)16(21)19-9-10-4-3-7-18-8-10/h3-4,7-8H,1-2,5-6,9H2,(H2,17,20)(H,19,21). The summed E-state index contributed by atoms with van der Waals surface area (Å²) in [6.45, 7) is 0.384. The number of nitrogens with one attached hydrogen (secondary N) is 1. The fraction of sp³-hybridized carbons (Fsp3) is 0.312. The molecule has 3 N–H and O–H groups in total. The largest absolute Gasteiger partial charge is 0.365 e. The molecule has 6 heteroatoms. The molecule has 114 valence electrons. The number of carbonyl (C=O) groups is 2. The summed E-state index contributed by atoms with van der Waals surface area (Å²) in [7, 11) is 0. The number of pyridine rings is 1. The second kappa shape index (κ2) is 6.27. The van der Waals surface area contributed by atoms with E-state index in [1.165, 1.54) is 11.3 Å². The summed E-state index contributed by atoms with van der Waals surface area (Å²) in [5, 5.41) is 2.87. The number of amides is 2. The first-order valence-corrected chi connectivity index (χ1v) is 8.10. The van der Waals surface area contributed by atoms with Crippen LogP contribution in [0.25, 0.3) is 0 Å². The molecule has 2 aromatic rings. The van der Waals surface area contributed by atoms with Gasteiger partial charge in [-0.25, -0.2) is 0 Å². The lowest BCUT2D eigenvalue weighted by atomic mass is 9.94. The third kappa shape index (κ3) is 2.87. The monoisotopic (exact) mass is 315 g/mol. The predicted octanol–water partition coefficient (Wildman–Crippen LogP) is 2.05. The molecule has 0 fully saturated rings. The Bertz CT molecular complexity index is 710. The summed E-state index contributed by atoms with van der Waals surface area (Å²) in [6, 6.07) is 3.72. The van der Waals surface area contributed by atoms with Gasteiger partial charge in [0.1, 0.15) is 4.88 Å². The number of nitrogens with zero attached hydrogens (tertiary/aromatic N) is 1. The molecule has 0 radical (unpaired) electrons. The van der Waals surface area contributed by atoms with Gasteiger partial charge in [-0.3, -0.25) is 14.6 Å². The first-order valence-electron chi connectivity index (χ1n) is 7.28. The molecule has 0 bridgehead atoms. The Morgan fingerprint density at radius 3 is 2.86 bits per heavy atom. The molecule has 22 heavy (non-hydrogen) atoms. The van der Waals surface area contributed by atoms with Crippen LogP contribution in [0.2, 0.25) is 0 Å². The second-order valence-corrected chi connectivity index (χ2v) is 6.43. The molecule has 0 aliphatic heterocycles. The van der Waals surface area contributed by atoms with Gasteiger partial charge in [0.05, 0.1) is 5.56 Å². The molecule has 0 atom stereocenters. The predicted molar refractivity (Wildman–Crippen MR) is 84.9 cm³/mol. The van der Waals surface area contributed by atoms with Gasteiger partial charge in [-0.15, -0.1) is 11.3 Å². The van der Waals surface area contributed by atoms with Crippen LogP contribution in [-0.4, -0.2) is 16.8 Å². The minimum Gasteiger partial charge on any atom is -0.365 e. The molecule has 2 amide bonds. The highest BCUT2D eigenvalue weighted by Crippen LogP contribution is 2.34. The van der Waals surface area contributed by atoms with Crippen molar-refractivity contribution in [1.82, 2.24) is 10.3 Å². The van der Waals surface area contributed by atoms with Gasteiger partial charge in [-0.1, -0.05) is 6.07 Å². The number of nitrogens with two attached hydrogens (primary N) is 1. The van der Waals surface area contributed by atoms with Crippen LogP contribution >= 0.6 is 11.3 Å². The molecule has 2 heterocycles. The molecule has 0 saturated carbocycles. The van der Waals surface area contributed by atoms with Gasteiger partial charge < -0.3 is 11.1 Å². The summed E-state index contributed by atoms with van der Waals surface area (Å²) in [5.41, 5.74) is 7.86. The van der Waals surface area contributed by atoms with Crippen molar-refractivity contribution in [2.24, 2.45) is 5.73 Å². The number of hydrogen-bond donors (Lipinski definition) is 2. The van der Waals surface area contributed by atoms with Crippen molar-refractivity contribution in [3.63, 3.8) is 0 Å². The highest BCUT2D eigenvalue weighted by molar-refractivity contribution is 7.14. The summed E-state index contributed by atoms with van der Waals surface area (Å²) >= 11 is 1.37. The Morgan fingerprint density at radius 2 is 2.14 bits per heavy atom. The van der Waals surface area contributed by atoms with Gasteiger partial charge in [-0.05, 0) is 42.9 Å². The van der Waals surface area contributed by atoms with Crippen LogP contribution in [0.3, 0.4) is 0 Å². The molecule has 0 unspecified atom stereocenters. The minimum atomic E-state index is -0.522. The zero-order valence-electron chi connectivity index (χ0n) is 12.1.